The van der Waals surface area contributed by atoms with E-state index in [0.29, 0.717) is 18.0 Å². The summed E-state index contributed by atoms with van der Waals surface area (Å²) in [6, 6.07) is 7.77. The summed E-state index contributed by atoms with van der Waals surface area (Å²) < 4.78 is 0.999. The lowest BCUT2D eigenvalue weighted by Gasteiger charge is -2.31. The molecule has 0 radical (unpaired) electrons. The Balaban J connectivity index is 1.66. The number of thioether (sulfide) groups is 1. The summed E-state index contributed by atoms with van der Waals surface area (Å²) >= 11 is 4.79. The van der Waals surface area contributed by atoms with Crippen LogP contribution < -0.4 is 5.73 Å². The van der Waals surface area contributed by atoms with Crippen LogP contribution in [0.4, 0.5) is 0 Å². The standard InChI is InChI=1S/C16H16BrN3O2S/c17-12-3-1-10(2-4-12)9-13-15(22)19-16(23-13)20-7-5-11(6-8-20)14(18)21/h1-4,9,11H,5-8H2,(H2,18,21). The third-order valence-corrected chi connectivity index (χ3v) is 5.52. The molecule has 1 aromatic carbocycles. The maximum Gasteiger partial charge on any atom is 0.286 e. The molecule has 3 rings (SSSR count). The lowest BCUT2D eigenvalue weighted by atomic mass is 9.97. The van der Waals surface area contributed by atoms with Crippen molar-refractivity contribution in [1.82, 2.24) is 4.90 Å². The third kappa shape index (κ3) is 3.84. The minimum absolute atomic E-state index is 0.0632. The summed E-state index contributed by atoms with van der Waals surface area (Å²) in [6.45, 7) is 1.41. The molecule has 120 valence electrons. The molecule has 2 aliphatic rings. The van der Waals surface area contributed by atoms with Gasteiger partial charge in [0.1, 0.15) is 0 Å². The maximum absolute atomic E-state index is 12.1. The minimum Gasteiger partial charge on any atom is -0.369 e. The molecule has 1 saturated heterocycles. The van der Waals surface area contributed by atoms with Crippen LogP contribution in [0.15, 0.2) is 38.6 Å². The lowest BCUT2D eigenvalue weighted by Crippen LogP contribution is -2.40. The van der Waals surface area contributed by atoms with E-state index in [-0.39, 0.29) is 17.7 Å². The number of nitrogens with zero attached hydrogens (tertiary/aromatic N) is 2. The first-order valence-electron chi connectivity index (χ1n) is 7.35. The van der Waals surface area contributed by atoms with E-state index >= 15 is 0 Å². The fraction of sp³-hybridized carbons (Fsp3) is 0.312. The van der Waals surface area contributed by atoms with E-state index in [1.165, 1.54) is 11.8 Å². The van der Waals surface area contributed by atoms with Crippen molar-refractivity contribution in [2.45, 2.75) is 12.8 Å². The van der Waals surface area contributed by atoms with Crippen molar-refractivity contribution in [3.8, 4) is 0 Å². The maximum atomic E-state index is 12.1. The number of carbonyl (C=O) groups excluding carboxylic acids is 2. The van der Waals surface area contributed by atoms with Gasteiger partial charge in [0.05, 0.1) is 4.91 Å². The number of likely N-dealkylation sites (tertiary alicyclic amines) is 1. The second kappa shape index (κ2) is 6.88. The number of piperidine rings is 1. The third-order valence-electron chi connectivity index (χ3n) is 3.94. The number of hydrogen-bond acceptors (Lipinski definition) is 4. The summed E-state index contributed by atoms with van der Waals surface area (Å²) in [5.74, 6) is -0.505. The number of amides is 2. The van der Waals surface area contributed by atoms with E-state index in [2.05, 4.69) is 25.8 Å². The SMILES string of the molecule is NC(=O)C1CCN(C2=NC(=O)C(=Cc3ccc(Br)cc3)S2)CC1. The van der Waals surface area contributed by atoms with E-state index in [0.717, 1.165) is 28.0 Å². The summed E-state index contributed by atoms with van der Waals surface area (Å²) in [6.07, 6.45) is 3.29. The summed E-state index contributed by atoms with van der Waals surface area (Å²) in [5.41, 5.74) is 6.31. The normalized spacial score (nSPS) is 20.9. The second-order valence-electron chi connectivity index (χ2n) is 5.53. The zero-order chi connectivity index (χ0) is 16.4. The first-order chi connectivity index (χ1) is 11.0. The Kier molecular flexibility index (Phi) is 4.87. The molecule has 0 unspecified atom stereocenters. The molecule has 5 nitrogen and oxygen atoms in total. The molecule has 0 aliphatic carbocycles. The molecule has 0 aromatic heterocycles. The van der Waals surface area contributed by atoms with E-state index in [4.69, 9.17) is 5.73 Å². The van der Waals surface area contributed by atoms with Crippen molar-refractivity contribution in [2.24, 2.45) is 16.6 Å². The van der Waals surface area contributed by atoms with Crippen LogP contribution >= 0.6 is 27.7 Å². The molecule has 2 heterocycles. The molecule has 2 amide bonds. The Morgan fingerprint density at radius 3 is 2.57 bits per heavy atom. The molecule has 2 aliphatic heterocycles. The first-order valence-corrected chi connectivity index (χ1v) is 8.96. The van der Waals surface area contributed by atoms with Crippen molar-refractivity contribution >= 4 is 50.7 Å². The predicted octanol–water partition coefficient (Wildman–Crippen LogP) is 2.62. The van der Waals surface area contributed by atoms with Crippen LogP contribution in [0.2, 0.25) is 0 Å². The summed E-state index contributed by atoms with van der Waals surface area (Å²) in [7, 11) is 0. The molecule has 2 N–H and O–H groups in total. The number of amidine groups is 1. The van der Waals surface area contributed by atoms with Crippen LogP contribution in [0.3, 0.4) is 0 Å². The largest absolute Gasteiger partial charge is 0.369 e. The molecular formula is C16H16BrN3O2S. The molecule has 1 aromatic rings. The number of carbonyl (C=O) groups is 2. The van der Waals surface area contributed by atoms with Crippen molar-refractivity contribution in [1.29, 1.82) is 0 Å². The fourth-order valence-corrected chi connectivity index (χ4v) is 3.83. The van der Waals surface area contributed by atoms with Gasteiger partial charge in [-0.3, -0.25) is 9.59 Å². The average molecular weight is 394 g/mol. The average Bonchev–Trinajstić information content (AvgIpc) is 2.91. The molecule has 0 spiro atoms. The van der Waals surface area contributed by atoms with Gasteiger partial charge in [0.15, 0.2) is 5.17 Å². The first kappa shape index (κ1) is 16.3. The molecule has 23 heavy (non-hydrogen) atoms. The van der Waals surface area contributed by atoms with Gasteiger partial charge in [-0.05, 0) is 48.4 Å². The summed E-state index contributed by atoms with van der Waals surface area (Å²) in [4.78, 5) is 30.1. The molecular weight excluding hydrogens is 378 g/mol. The zero-order valence-electron chi connectivity index (χ0n) is 12.4. The van der Waals surface area contributed by atoms with Crippen molar-refractivity contribution in [2.75, 3.05) is 13.1 Å². The highest BCUT2D eigenvalue weighted by Gasteiger charge is 2.30. The Bertz CT molecular complexity index is 692. The number of hydrogen-bond donors (Lipinski definition) is 1. The van der Waals surface area contributed by atoms with Crippen LogP contribution in [0.1, 0.15) is 18.4 Å². The second-order valence-corrected chi connectivity index (χ2v) is 7.45. The topological polar surface area (TPSA) is 75.8 Å². The zero-order valence-corrected chi connectivity index (χ0v) is 14.8. The molecule has 7 heteroatoms. The van der Waals surface area contributed by atoms with E-state index < -0.39 is 0 Å². The van der Waals surface area contributed by atoms with Crippen molar-refractivity contribution in [3.63, 3.8) is 0 Å². The highest BCUT2D eigenvalue weighted by Crippen LogP contribution is 2.32. The van der Waals surface area contributed by atoms with Gasteiger partial charge < -0.3 is 10.6 Å². The fourth-order valence-electron chi connectivity index (χ4n) is 2.60. The molecule has 0 saturated carbocycles. The number of halogens is 1. The van der Waals surface area contributed by atoms with E-state index in [1.54, 1.807) is 0 Å². The van der Waals surface area contributed by atoms with E-state index in [1.807, 2.05) is 30.3 Å². The number of nitrogens with two attached hydrogens (primary N) is 1. The van der Waals surface area contributed by atoms with Crippen LogP contribution in [-0.4, -0.2) is 35.0 Å². The van der Waals surface area contributed by atoms with Crippen LogP contribution in [-0.2, 0) is 9.59 Å². The Hall–Kier alpha value is -1.60. The Labute approximate surface area is 147 Å². The smallest absolute Gasteiger partial charge is 0.286 e. The van der Waals surface area contributed by atoms with Gasteiger partial charge in [0.2, 0.25) is 5.91 Å². The van der Waals surface area contributed by atoms with Gasteiger partial charge in [-0.1, -0.05) is 28.1 Å². The van der Waals surface area contributed by atoms with E-state index in [9.17, 15) is 9.59 Å². The van der Waals surface area contributed by atoms with Gasteiger partial charge in [0, 0.05) is 23.5 Å². The number of primary amides is 1. The van der Waals surface area contributed by atoms with Crippen LogP contribution in [0.25, 0.3) is 6.08 Å². The highest BCUT2D eigenvalue weighted by molar-refractivity contribution is 9.10. The van der Waals surface area contributed by atoms with Gasteiger partial charge in [0.25, 0.3) is 5.91 Å². The number of rotatable bonds is 2. The quantitative estimate of drug-likeness (QED) is 0.783. The predicted molar refractivity (Wildman–Crippen MR) is 95.6 cm³/mol. The monoisotopic (exact) mass is 393 g/mol. The highest BCUT2D eigenvalue weighted by atomic mass is 79.9. The number of aliphatic imine (C=N–C) groups is 1. The number of benzene rings is 1. The van der Waals surface area contributed by atoms with Gasteiger partial charge >= 0.3 is 0 Å². The Morgan fingerprint density at radius 1 is 1.30 bits per heavy atom. The van der Waals surface area contributed by atoms with Crippen molar-refractivity contribution in [3.05, 3.63) is 39.2 Å². The van der Waals surface area contributed by atoms with Gasteiger partial charge in [-0.15, -0.1) is 0 Å². The van der Waals surface area contributed by atoms with Crippen LogP contribution in [0, 0.1) is 5.92 Å². The minimum atomic E-state index is -0.238. The van der Waals surface area contributed by atoms with Gasteiger partial charge in [-0.25, -0.2) is 0 Å². The van der Waals surface area contributed by atoms with Crippen LogP contribution in [0.5, 0.6) is 0 Å². The molecule has 0 atom stereocenters. The molecule has 1 fully saturated rings. The molecule has 0 bridgehead atoms. The Morgan fingerprint density at radius 2 is 1.96 bits per heavy atom. The van der Waals surface area contributed by atoms with Crippen molar-refractivity contribution < 1.29 is 9.59 Å². The summed E-state index contributed by atoms with van der Waals surface area (Å²) in [5, 5.41) is 0.723. The lowest BCUT2D eigenvalue weighted by molar-refractivity contribution is -0.123. The van der Waals surface area contributed by atoms with Gasteiger partial charge in [-0.2, -0.15) is 4.99 Å².